The van der Waals surface area contributed by atoms with Crippen LogP contribution in [0.25, 0.3) is 0 Å². The molecule has 8 nitrogen and oxygen atoms in total. The van der Waals surface area contributed by atoms with Crippen molar-refractivity contribution in [3.05, 3.63) is 27.0 Å². The van der Waals surface area contributed by atoms with E-state index in [0.29, 0.717) is 52.1 Å². The molecule has 0 atom stereocenters. The molecule has 0 aliphatic carbocycles. The average Bonchev–Trinajstić information content (AvgIpc) is 3.02. The summed E-state index contributed by atoms with van der Waals surface area (Å²) >= 11 is 6.89. The molecule has 0 unspecified atom stereocenters. The summed E-state index contributed by atoms with van der Waals surface area (Å²) < 4.78 is 44.0. The molecule has 11 heteroatoms. The molecular formula is C19H24Br2N2O6S. The number of carbonyl (C=O) groups is 1. The number of rotatable bonds is 6. The Kier molecular flexibility index (Phi) is 6.76. The van der Waals surface area contributed by atoms with Gasteiger partial charge in [-0.15, -0.1) is 0 Å². The molecule has 2 aliphatic rings. The van der Waals surface area contributed by atoms with Gasteiger partial charge in [-0.2, -0.15) is 4.31 Å². The van der Waals surface area contributed by atoms with Crippen molar-refractivity contribution in [2.75, 3.05) is 26.7 Å². The molecule has 2 heterocycles. The number of benzene rings is 1. The van der Waals surface area contributed by atoms with Crippen molar-refractivity contribution in [2.24, 2.45) is 0 Å². The number of amides is 1. The van der Waals surface area contributed by atoms with Gasteiger partial charge in [0, 0.05) is 45.4 Å². The number of fused-ring (bicyclic) bond motifs is 1. The molecule has 0 radical (unpaired) electrons. The minimum Gasteiger partial charge on any atom is -0.479 e. The Hall–Kier alpha value is -1.30. The second-order valence-corrected chi connectivity index (χ2v) is 11.2. The predicted octanol–water partition coefficient (Wildman–Crippen LogP) is 3.49. The fourth-order valence-electron chi connectivity index (χ4n) is 3.43. The van der Waals surface area contributed by atoms with Crippen molar-refractivity contribution < 1.29 is 27.4 Å². The Labute approximate surface area is 193 Å². The van der Waals surface area contributed by atoms with Gasteiger partial charge in [-0.25, -0.2) is 8.42 Å². The van der Waals surface area contributed by atoms with Gasteiger partial charge >= 0.3 is 0 Å². The molecule has 1 aromatic carbocycles. The average molecular weight is 568 g/mol. The molecule has 0 saturated carbocycles. The largest absolute Gasteiger partial charge is 0.479 e. The summed E-state index contributed by atoms with van der Waals surface area (Å²) in [5, 5.41) is 0.944. The van der Waals surface area contributed by atoms with E-state index in [1.54, 1.807) is 24.8 Å². The van der Waals surface area contributed by atoms with Crippen molar-refractivity contribution in [3.63, 3.8) is 0 Å². The number of hydrogen-bond donors (Lipinski definition) is 0. The van der Waals surface area contributed by atoms with E-state index >= 15 is 0 Å². The Morgan fingerprint density at radius 2 is 1.90 bits per heavy atom. The topological polar surface area (TPSA) is 85.4 Å². The van der Waals surface area contributed by atoms with Crippen LogP contribution in [0.15, 0.2) is 27.0 Å². The van der Waals surface area contributed by atoms with E-state index in [2.05, 4.69) is 38.4 Å². The first-order chi connectivity index (χ1) is 13.9. The highest BCUT2D eigenvalue weighted by atomic mass is 79.9. The third kappa shape index (κ3) is 4.79. The summed E-state index contributed by atoms with van der Waals surface area (Å²) in [6, 6.07) is 1.62. The van der Waals surface area contributed by atoms with E-state index in [9.17, 15) is 13.2 Å². The third-order valence-electron chi connectivity index (χ3n) is 5.08. The van der Waals surface area contributed by atoms with Gasteiger partial charge in [0.05, 0.1) is 8.95 Å². The van der Waals surface area contributed by atoms with E-state index in [4.69, 9.17) is 14.2 Å². The quantitative estimate of drug-likeness (QED) is 0.523. The molecule has 1 aromatic rings. The summed E-state index contributed by atoms with van der Waals surface area (Å²) in [7, 11) is -1.93. The van der Waals surface area contributed by atoms with Crippen LogP contribution in [0.3, 0.4) is 0 Å². The highest BCUT2D eigenvalue weighted by Gasteiger charge is 2.37. The van der Waals surface area contributed by atoms with Gasteiger partial charge in [0.25, 0.3) is 5.91 Å². The van der Waals surface area contributed by atoms with Crippen LogP contribution in [-0.2, 0) is 14.8 Å². The van der Waals surface area contributed by atoms with Crippen LogP contribution in [0.1, 0.15) is 26.7 Å². The van der Waals surface area contributed by atoms with Gasteiger partial charge in [0.1, 0.15) is 0 Å². The van der Waals surface area contributed by atoms with Crippen LogP contribution in [0.5, 0.6) is 17.2 Å². The number of likely N-dealkylation sites (tertiary alicyclic amines) is 1. The second kappa shape index (κ2) is 8.68. The standard InChI is InChI=1S/C19H24Br2N2O6S/c1-5-30(25,26)22(4)12-6-8-23(9-7-12)15(24)11-27-16-13(20)10-14(21)17-18(16)29-19(2,3)28-17/h5,10,12H,1,6-9,11H2,2-4H3. The van der Waals surface area contributed by atoms with Gasteiger partial charge in [0.2, 0.25) is 21.6 Å². The van der Waals surface area contributed by atoms with E-state index < -0.39 is 15.8 Å². The molecule has 30 heavy (non-hydrogen) atoms. The van der Waals surface area contributed by atoms with E-state index in [1.165, 1.54) is 11.4 Å². The second-order valence-electron chi connectivity index (χ2n) is 7.56. The van der Waals surface area contributed by atoms with Crippen LogP contribution < -0.4 is 14.2 Å². The molecule has 1 saturated heterocycles. The van der Waals surface area contributed by atoms with Crippen LogP contribution in [0.2, 0.25) is 0 Å². The fourth-order valence-corrected chi connectivity index (χ4v) is 5.61. The Morgan fingerprint density at radius 3 is 2.50 bits per heavy atom. The van der Waals surface area contributed by atoms with Crippen molar-refractivity contribution >= 4 is 47.8 Å². The van der Waals surface area contributed by atoms with Crippen LogP contribution in [0, 0.1) is 0 Å². The molecule has 1 fully saturated rings. The van der Waals surface area contributed by atoms with Gasteiger partial charge in [-0.1, -0.05) is 6.58 Å². The van der Waals surface area contributed by atoms with Crippen LogP contribution >= 0.6 is 31.9 Å². The zero-order chi connectivity index (χ0) is 22.3. The number of sulfonamides is 1. The zero-order valence-corrected chi connectivity index (χ0v) is 21.0. The summed E-state index contributed by atoms with van der Waals surface area (Å²) in [5.41, 5.74) is 0. The zero-order valence-electron chi connectivity index (χ0n) is 17.0. The van der Waals surface area contributed by atoms with Crippen LogP contribution in [0.4, 0.5) is 0 Å². The molecular weight excluding hydrogens is 544 g/mol. The van der Waals surface area contributed by atoms with Crippen molar-refractivity contribution in [3.8, 4) is 17.2 Å². The summed E-state index contributed by atoms with van der Waals surface area (Å²) in [4.78, 5) is 14.3. The molecule has 1 amide bonds. The maximum absolute atomic E-state index is 12.7. The summed E-state index contributed by atoms with van der Waals surface area (Å²) in [5.74, 6) is 0.346. The lowest BCUT2D eigenvalue weighted by Gasteiger charge is -2.35. The molecule has 166 valence electrons. The van der Waals surface area contributed by atoms with Gasteiger partial charge in [0.15, 0.2) is 18.1 Å². The number of ether oxygens (including phenoxy) is 3. The van der Waals surface area contributed by atoms with Crippen molar-refractivity contribution in [1.29, 1.82) is 0 Å². The number of halogens is 2. The highest BCUT2D eigenvalue weighted by molar-refractivity contribution is 9.11. The molecule has 2 aliphatic heterocycles. The summed E-state index contributed by atoms with van der Waals surface area (Å²) in [6.45, 7) is 7.67. The fraction of sp³-hybridized carbons (Fsp3) is 0.526. The molecule has 0 aromatic heterocycles. The Morgan fingerprint density at radius 1 is 1.30 bits per heavy atom. The first kappa shape index (κ1) is 23.4. The normalized spacial score (nSPS) is 18.5. The predicted molar refractivity (Wildman–Crippen MR) is 119 cm³/mol. The SMILES string of the molecule is C=CS(=O)(=O)N(C)C1CCN(C(=O)COc2c(Br)cc(Br)c3c2OC(C)(C)O3)CC1. The lowest BCUT2D eigenvalue weighted by molar-refractivity contribution is -0.134. The molecule has 3 rings (SSSR count). The van der Waals surface area contributed by atoms with Gasteiger partial charge < -0.3 is 19.1 Å². The van der Waals surface area contributed by atoms with Gasteiger partial charge in [-0.3, -0.25) is 4.79 Å². The lowest BCUT2D eigenvalue weighted by Crippen LogP contribution is -2.47. The highest BCUT2D eigenvalue weighted by Crippen LogP contribution is 2.53. The van der Waals surface area contributed by atoms with Crippen molar-refractivity contribution in [1.82, 2.24) is 9.21 Å². The summed E-state index contributed by atoms with van der Waals surface area (Å²) in [6.07, 6.45) is 1.11. The monoisotopic (exact) mass is 566 g/mol. The number of hydrogen-bond acceptors (Lipinski definition) is 6. The molecule has 0 spiro atoms. The molecule has 0 N–H and O–H groups in total. The maximum atomic E-state index is 12.7. The molecule has 0 bridgehead atoms. The Balaban J connectivity index is 1.62. The maximum Gasteiger partial charge on any atom is 0.260 e. The van der Waals surface area contributed by atoms with Gasteiger partial charge in [-0.05, 0) is 50.8 Å². The first-order valence-corrected chi connectivity index (χ1v) is 12.4. The number of nitrogens with zero attached hydrogens (tertiary/aromatic N) is 2. The minimum atomic E-state index is -3.47. The van der Waals surface area contributed by atoms with E-state index in [0.717, 1.165) is 5.41 Å². The van der Waals surface area contributed by atoms with Crippen molar-refractivity contribution in [2.45, 2.75) is 38.5 Å². The lowest BCUT2D eigenvalue weighted by atomic mass is 10.1. The van der Waals surface area contributed by atoms with E-state index in [-0.39, 0.29) is 18.6 Å². The minimum absolute atomic E-state index is 0.158. The number of carbonyl (C=O) groups excluding carboxylic acids is 1. The first-order valence-electron chi connectivity index (χ1n) is 9.36. The third-order valence-corrected chi connectivity index (χ3v) is 7.78. The Bertz CT molecular complexity index is 958. The number of piperidine rings is 1. The smallest absolute Gasteiger partial charge is 0.260 e. The van der Waals surface area contributed by atoms with Crippen LogP contribution in [-0.4, -0.2) is 62.1 Å². The van der Waals surface area contributed by atoms with E-state index in [1.807, 2.05) is 0 Å².